The van der Waals surface area contributed by atoms with Crippen LogP contribution in [-0.2, 0) is 21.9 Å². The van der Waals surface area contributed by atoms with E-state index in [4.69, 9.17) is 5.11 Å². The van der Waals surface area contributed by atoms with Crippen molar-refractivity contribution in [3.8, 4) is 0 Å². The van der Waals surface area contributed by atoms with E-state index < -0.39 is 16.0 Å². The molecular weight excluding hydrogens is 370 g/mol. The minimum Gasteiger partial charge on any atom is -0.481 e. The van der Waals surface area contributed by atoms with E-state index in [0.717, 1.165) is 32.6 Å². The summed E-state index contributed by atoms with van der Waals surface area (Å²) in [5, 5.41) is 9.17. The Morgan fingerprint density at radius 2 is 1.93 bits per heavy atom. The predicted octanol–water partition coefficient (Wildman–Crippen LogP) is -0.0885. The Kier molecular flexibility index (Phi) is 6.19. The SMILES string of the molecule is CN1CCN([C@@H]2CCN(S(=O)(=O)c3cn(C)cn3)C[C@@H]2CCC(=O)O)CC1. The van der Waals surface area contributed by atoms with Crippen LogP contribution in [0, 0.1) is 5.92 Å². The van der Waals surface area contributed by atoms with Crippen LogP contribution in [0.15, 0.2) is 17.6 Å². The van der Waals surface area contributed by atoms with E-state index in [-0.39, 0.29) is 23.4 Å². The Bertz CT molecular complexity index is 757. The third kappa shape index (κ3) is 4.68. The van der Waals surface area contributed by atoms with Crippen LogP contribution in [0.25, 0.3) is 0 Å². The number of aromatic nitrogens is 2. The molecule has 0 radical (unpaired) electrons. The molecule has 1 aromatic rings. The van der Waals surface area contributed by atoms with E-state index in [0.29, 0.717) is 19.5 Å². The number of carboxylic acids is 1. The van der Waals surface area contributed by atoms with Crippen molar-refractivity contribution in [2.24, 2.45) is 13.0 Å². The molecule has 2 aliphatic heterocycles. The molecule has 9 nitrogen and oxygen atoms in total. The van der Waals surface area contributed by atoms with Gasteiger partial charge in [0.15, 0.2) is 5.03 Å². The average Bonchev–Trinajstić information content (AvgIpc) is 3.08. The molecule has 0 saturated carbocycles. The molecule has 0 aliphatic carbocycles. The number of rotatable bonds is 6. The molecule has 2 fully saturated rings. The van der Waals surface area contributed by atoms with E-state index in [1.807, 2.05) is 0 Å². The molecule has 2 aliphatic rings. The predicted molar refractivity (Wildman–Crippen MR) is 99.8 cm³/mol. The lowest BCUT2D eigenvalue weighted by Gasteiger charge is -2.45. The number of aryl methyl sites for hydroxylation is 1. The van der Waals surface area contributed by atoms with Crippen molar-refractivity contribution in [3.63, 3.8) is 0 Å². The second-order valence-corrected chi connectivity index (χ2v) is 9.51. The molecule has 27 heavy (non-hydrogen) atoms. The summed E-state index contributed by atoms with van der Waals surface area (Å²) in [7, 11) is 0.188. The first kappa shape index (κ1) is 20.2. The molecule has 0 amide bonds. The third-order valence-corrected chi connectivity index (χ3v) is 7.43. The van der Waals surface area contributed by atoms with Crippen LogP contribution in [0.1, 0.15) is 19.3 Å². The van der Waals surface area contributed by atoms with E-state index in [1.165, 1.54) is 16.8 Å². The van der Waals surface area contributed by atoms with Gasteiger partial charge in [-0.25, -0.2) is 13.4 Å². The van der Waals surface area contributed by atoms with E-state index in [9.17, 15) is 13.2 Å². The number of piperazine rings is 1. The molecule has 0 spiro atoms. The van der Waals surface area contributed by atoms with E-state index >= 15 is 0 Å². The Balaban J connectivity index is 1.75. The Hall–Kier alpha value is -1.49. The third-order valence-electron chi connectivity index (χ3n) is 5.68. The van der Waals surface area contributed by atoms with E-state index in [2.05, 4.69) is 21.8 Å². The summed E-state index contributed by atoms with van der Waals surface area (Å²) in [6.07, 6.45) is 4.26. The van der Waals surface area contributed by atoms with Crippen LogP contribution in [-0.4, -0.2) is 95.5 Å². The minimum absolute atomic E-state index is 0.0109. The Labute approximate surface area is 160 Å². The van der Waals surface area contributed by atoms with Gasteiger partial charge in [0.05, 0.1) is 6.33 Å². The zero-order valence-corrected chi connectivity index (χ0v) is 16.8. The highest BCUT2D eigenvalue weighted by molar-refractivity contribution is 7.89. The zero-order chi connectivity index (χ0) is 19.6. The monoisotopic (exact) mass is 399 g/mol. The highest BCUT2D eigenvalue weighted by Crippen LogP contribution is 2.30. The van der Waals surface area contributed by atoms with Gasteiger partial charge in [0, 0.05) is 65.0 Å². The molecule has 1 aromatic heterocycles. The number of sulfonamides is 1. The van der Waals surface area contributed by atoms with Crippen molar-refractivity contribution >= 4 is 16.0 Å². The average molecular weight is 400 g/mol. The smallest absolute Gasteiger partial charge is 0.303 e. The standard InChI is InChI=1S/C17H29N5O4S/c1-19-7-9-21(10-8-19)15-5-6-22(11-14(15)3-4-17(23)24)27(25,26)16-12-20(2)13-18-16/h12-15H,3-11H2,1-2H3,(H,23,24)/t14-,15+/m0/s1. The van der Waals surface area contributed by atoms with Crippen LogP contribution in [0.5, 0.6) is 0 Å². The summed E-state index contributed by atoms with van der Waals surface area (Å²) in [5.41, 5.74) is 0. The summed E-state index contributed by atoms with van der Waals surface area (Å²) >= 11 is 0. The number of carbonyl (C=O) groups is 1. The van der Waals surface area contributed by atoms with Crippen molar-refractivity contribution < 1.29 is 18.3 Å². The van der Waals surface area contributed by atoms with Crippen LogP contribution in [0.3, 0.4) is 0 Å². The van der Waals surface area contributed by atoms with E-state index in [1.54, 1.807) is 11.6 Å². The molecule has 1 N–H and O–H groups in total. The number of hydrogen-bond acceptors (Lipinski definition) is 6. The van der Waals surface area contributed by atoms with Gasteiger partial charge in [-0.1, -0.05) is 0 Å². The fourth-order valence-corrected chi connectivity index (χ4v) is 5.56. The minimum atomic E-state index is -3.65. The fraction of sp³-hybridized carbons (Fsp3) is 0.765. The Morgan fingerprint density at radius 1 is 1.22 bits per heavy atom. The zero-order valence-electron chi connectivity index (χ0n) is 16.0. The lowest BCUT2D eigenvalue weighted by Crippen LogP contribution is -2.56. The number of hydrogen-bond donors (Lipinski definition) is 1. The highest BCUT2D eigenvalue weighted by Gasteiger charge is 2.39. The maximum atomic E-state index is 12.9. The fourth-order valence-electron chi connectivity index (χ4n) is 4.09. The van der Waals surface area contributed by atoms with Gasteiger partial charge in [-0.2, -0.15) is 4.31 Å². The van der Waals surface area contributed by atoms with Crippen molar-refractivity contribution in [3.05, 3.63) is 12.5 Å². The molecule has 0 aromatic carbocycles. The second kappa shape index (κ2) is 8.26. The lowest BCUT2D eigenvalue weighted by atomic mass is 9.87. The molecule has 3 rings (SSSR count). The van der Waals surface area contributed by atoms with Gasteiger partial charge in [-0.15, -0.1) is 0 Å². The summed E-state index contributed by atoms with van der Waals surface area (Å²) < 4.78 is 28.9. The summed E-state index contributed by atoms with van der Waals surface area (Å²) in [5.74, 6) is -0.825. The molecular formula is C17H29N5O4S. The highest BCUT2D eigenvalue weighted by atomic mass is 32.2. The maximum Gasteiger partial charge on any atom is 0.303 e. The normalized spacial score (nSPS) is 26.3. The van der Waals surface area contributed by atoms with Crippen molar-refractivity contribution in [1.29, 1.82) is 0 Å². The quantitative estimate of drug-likeness (QED) is 0.714. The van der Waals surface area contributed by atoms with Gasteiger partial charge in [-0.3, -0.25) is 9.69 Å². The first-order chi connectivity index (χ1) is 12.8. The lowest BCUT2D eigenvalue weighted by molar-refractivity contribution is -0.137. The maximum absolute atomic E-state index is 12.9. The largest absolute Gasteiger partial charge is 0.481 e. The first-order valence-corrected chi connectivity index (χ1v) is 10.8. The number of imidazole rings is 1. The van der Waals surface area contributed by atoms with Gasteiger partial charge in [0.25, 0.3) is 10.0 Å². The number of carboxylic acid groups (broad SMARTS) is 1. The summed E-state index contributed by atoms with van der Waals surface area (Å²) in [4.78, 5) is 19.8. The van der Waals surface area contributed by atoms with Crippen LogP contribution >= 0.6 is 0 Å². The van der Waals surface area contributed by atoms with Gasteiger partial charge < -0.3 is 14.6 Å². The number of nitrogens with zero attached hydrogens (tertiary/aromatic N) is 5. The molecule has 2 saturated heterocycles. The molecule has 0 unspecified atom stereocenters. The van der Waals surface area contributed by atoms with Gasteiger partial charge in [-0.05, 0) is 25.8 Å². The van der Waals surface area contributed by atoms with Crippen LogP contribution < -0.4 is 0 Å². The molecule has 152 valence electrons. The van der Waals surface area contributed by atoms with Gasteiger partial charge in [0.2, 0.25) is 0 Å². The molecule has 10 heteroatoms. The number of aliphatic carboxylic acids is 1. The van der Waals surface area contributed by atoms with Crippen molar-refractivity contribution in [1.82, 2.24) is 23.7 Å². The molecule has 3 heterocycles. The van der Waals surface area contributed by atoms with Gasteiger partial charge >= 0.3 is 5.97 Å². The summed E-state index contributed by atoms with van der Waals surface area (Å²) in [6, 6.07) is 0.230. The number of piperidine rings is 1. The van der Waals surface area contributed by atoms with Crippen LogP contribution in [0.4, 0.5) is 0 Å². The first-order valence-electron chi connectivity index (χ1n) is 9.40. The molecule has 0 bridgehead atoms. The topological polar surface area (TPSA) is 99.0 Å². The second-order valence-electron chi connectivity index (χ2n) is 7.63. The molecule has 2 atom stereocenters. The van der Waals surface area contributed by atoms with Crippen molar-refractivity contribution in [2.75, 3.05) is 46.3 Å². The Morgan fingerprint density at radius 3 is 2.52 bits per heavy atom. The number of likely N-dealkylation sites (N-methyl/N-ethyl adjacent to an activating group) is 1. The van der Waals surface area contributed by atoms with Gasteiger partial charge in [0.1, 0.15) is 0 Å². The van der Waals surface area contributed by atoms with Crippen molar-refractivity contribution in [2.45, 2.75) is 30.3 Å². The summed E-state index contributed by atoms with van der Waals surface area (Å²) in [6.45, 7) is 4.65. The van der Waals surface area contributed by atoms with Crippen LogP contribution in [0.2, 0.25) is 0 Å².